The normalized spacial score (nSPS) is 11.7. The molecule has 1 heterocycles. The van der Waals surface area contributed by atoms with Gasteiger partial charge in [0.25, 0.3) is 0 Å². The van der Waals surface area contributed by atoms with E-state index in [4.69, 9.17) is 4.74 Å². The number of methoxy groups -OCH3 is 1. The minimum absolute atomic E-state index is 0.287. The van der Waals surface area contributed by atoms with E-state index in [1.54, 1.807) is 19.2 Å². The Morgan fingerprint density at radius 1 is 1.07 bits per heavy atom. The molecule has 0 aliphatic carbocycles. The van der Waals surface area contributed by atoms with Crippen LogP contribution in [0.5, 0.6) is 5.75 Å². The maximum absolute atomic E-state index is 12.5. The minimum Gasteiger partial charge on any atom is -0.497 e. The van der Waals surface area contributed by atoms with Crippen LogP contribution < -0.4 is 9.46 Å². The Morgan fingerprint density at radius 2 is 1.75 bits per heavy atom. The molecule has 0 aliphatic rings. The van der Waals surface area contributed by atoms with Gasteiger partial charge in [-0.05, 0) is 47.9 Å². The molecule has 0 spiro atoms. The summed E-state index contributed by atoms with van der Waals surface area (Å²) in [5.74, 6) is 1.17. The predicted octanol–water partition coefficient (Wildman–Crippen LogP) is 4.46. The molecule has 0 fully saturated rings. The molecule has 0 radical (unpaired) electrons. The molecule has 3 aromatic rings. The van der Waals surface area contributed by atoms with Gasteiger partial charge in [0.2, 0.25) is 10.0 Å². The Kier molecular flexibility index (Phi) is 6.49. The minimum atomic E-state index is -3.51. The van der Waals surface area contributed by atoms with Crippen LogP contribution in [0.1, 0.15) is 30.3 Å². The molecule has 2 aromatic carbocycles. The lowest BCUT2D eigenvalue weighted by atomic mass is 10.0. The number of thiazole rings is 1. The highest BCUT2D eigenvalue weighted by atomic mass is 32.2. The quantitative estimate of drug-likeness (QED) is 0.588. The van der Waals surface area contributed by atoms with Crippen molar-refractivity contribution in [3.8, 4) is 17.0 Å². The molecule has 1 N–H and O–H groups in total. The highest BCUT2D eigenvalue weighted by Crippen LogP contribution is 2.24. The molecule has 0 saturated carbocycles. The second kappa shape index (κ2) is 8.86. The number of nitrogens with one attached hydrogen (secondary N) is 1. The van der Waals surface area contributed by atoms with E-state index in [9.17, 15) is 8.42 Å². The summed E-state index contributed by atoms with van der Waals surface area (Å²) in [5.41, 5.74) is 3.01. The first-order chi connectivity index (χ1) is 13.4. The Bertz CT molecular complexity index is 1010. The van der Waals surface area contributed by atoms with E-state index in [2.05, 4.69) is 23.6 Å². The third-order valence-electron chi connectivity index (χ3n) is 4.43. The van der Waals surface area contributed by atoms with Crippen LogP contribution in [0.15, 0.2) is 58.8 Å². The maximum Gasteiger partial charge on any atom is 0.240 e. The zero-order valence-corrected chi connectivity index (χ0v) is 17.8. The van der Waals surface area contributed by atoms with Gasteiger partial charge < -0.3 is 4.74 Å². The Balaban J connectivity index is 1.59. The number of aromatic nitrogens is 1. The number of hydrogen-bond acceptors (Lipinski definition) is 5. The van der Waals surface area contributed by atoms with E-state index < -0.39 is 10.0 Å². The summed E-state index contributed by atoms with van der Waals surface area (Å²) in [6, 6.07) is 14.7. The summed E-state index contributed by atoms with van der Waals surface area (Å²) >= 11 is 1.53. The van der Waals surface area contributed by atoms with Gasteiger partial charge in [-0.15, -0.1) is 11.3 Å². The topological polar surface area (TPSA) is 68.3 Å². The van der Waals surface area contributed by atoms with E-state index in [1.807, 2.05) is 41.8 Å². The van der Waals surface area contributed by atoms with E-state index in [1.165, 1.54) is 11.3 Å². The summed E-state index contributed by atoms with van der Waals surface area (Å²) in [7, 11) is -1.88. The second-order valence-corrected chi connectivity index (χ2v) is 9.44. The van der Waals surface area contributed by atoms with Gasteiger partial charge in [0.1, 0.15) is 5.75 Å². The summed E-state index contributed by atoms with van der Waals surface area (Å²) in [4.78, 5) is 4.89. The Morgan fingerprint density at radius 3 is 2.36 bits per heavy atom. The second-order valence-electron chi connectivity index (χ2n) is 6.73. The standard InChI is InChI=1S/C21H24N2O3S2/c1-15(2)16-6-10-19(11-7-16)28(24,25)22-13-12-21-23-20(14-27-21)17-4-8-18(26-3)9-5-17/h4-11,14-15,22H,12-13H2,1-3H3. The molecule has 1 aromatic heterocycles. The lowest BCUT2D eigenvalue weighted by Gasteiger charge is -2.08. The van der Waals surface area contributed by atoms with Crippen molar-refractivity contribution >= 4 is 21.4 Å². The lowest BCUT2D eigenvalue weighted by Crippen LogP contribution is -2.26. The first-order valence-corrected chi connectivity index (χ1v) is 11.4. The van der Waals surface area contributed by atoms with Crippen LogP contribution in [-0.4, -0.2) is 27.1 Å². The number of benzene rings is 2. The molecule has 5 nitrogen and oxygen atoms in total. The van der Waals surface area contributed by atoms with Gasteiger partial charge in [0.15, 0.2) is 0 Å². The first kappa shape index (κ1) is 20.5. The summed E-state index contributed by atoms with van der Waals surface area (Å²) in [6.07, 6.45) is 0.546. The molecule has 0 amide bonds. The number of hydrogen-bond donors (Lipinski definition) is 1. The first-order valence-electron chi connectivity index (χ1n) is 9.07. The highest BCUT2D eigenvalue weighted by molar-refractivity contribution is 7.89. The highest BCUT2D eigenvalue weighted by Gasteiger charge is 2.14. The Labute approximate surface area is 170 Å². The van der Waals surface area contributed by atoms with Crippen LogP contribution in [0.2, 0.25) is 0 Å². The van der Waals surface area contributed by atoms with Crippen molar-refractivity contribution in [2.45, 2.75) is 31.1 Å². The van der Waals surface area contributed by atoms with Crippen LogP contribution in [0.4, 0.5) is 0 Å². The molecule has 0 aliphatic heterocycles. The third kappa shape index (κ3) is 4.98. The lowest BCUT2D eigenvalue weighted by molar-refractivity contribution is 0.415. The number of sulfonamides is 1. The van der Waals surface area contributed by atoms with Crippen molar-refractivity contribution in [1.29, 1.82) is 0 Å². The van der Waals surface area contributed by atoms with Gasteiger partial charge in [-0.2, -0.15) is 0 Å². The largest absolute Gasteiger partial charge is 0.497 e. The monoisotopic (exact) mass is 416 g/mol. The van der Waals surface area contributed by atoms with E-state index in [-0.39, 0.29) is 4.90 Å². The van der Waals surface area contributed by atoms with Crippen molar-refractivity contribution in [3.63, 3.8) is 0 Å². The van der Waals surface area contributed by atoms with Crippen LogP contribution in [0, 0.1) is 0 Å². The third-order valence-corrected chi connectivity index (χ3v) is 6.81. The number of ether oxygens (including phenoxy) is 1. The van der Waals surface area contributed by atoms with Crippen molar-refractivity contribution < 1.29 is 13.2 Å². The van der Waals surface area contributed by atoms with Crippen LogP contribution in [0.3, 0.4) is 0 Å². The zero-order valence-electron chi connectivity index (χ0n) is 16.2. The number of nitrogens with zero attached hydrogens (tertiary/aromatic N) is 1. The molecular formula is C21H24N2O3S2. The average Bonchev–Trinajstić information content (AvgIpc) is 3.17. The molecule has 148 valence electrons. The molecule has 3 rings (SSSR count). The van der Waals surface area contributed by atoms with E-state index >= 15 is 0 Å². The molecule has 0 saturated heterocycles. The SMILES string of the molecule is COc1ccc(-c2csc(CCNS(=O)(=O)c3ccc(C(C)C)cc3)n2)cc1. The van der Waals surface area contributed by atoms with Gasteiger partial charge in [0.05, 0.1) is 22.7 Å². The van der Waals surface area contributed by atoms with Gasteiger partial charge >= 0.3 is 0 Å². The van der Waals surface area contributed by atoms with Gasteiger partial charge in [-0.1, -0.05) is 26.0 Å². The molecular weight excluding hydrogens is 392 g/mol. The smallest absolute Gasteiger partial charge is 0.240 e. The van der Waals surface area contributed by atoms with Gasteiger partial charge in [-0.3, -0.25) is 0 Å². The average molecular weight is 417 g/mol. The van der Waals surface area contributed by atoms with Crippen LogP contribution in [0.25, 0.3) is 11.3 Å². The van der Waals surface area contributed by atoms with Crippen LogP contribution in [-0.2, 0) is 16.4 Å². The van der Waals surface area contributed by atoms with Gasteiger partial charge in [0, 0.05) is 23.9 Å². The fraction of sp³-hybridized carbons (Fsp3) is 0.286. The Hall–Kier alpha value is -2.22. The van der Waals surface area contributed by atoms with E-state index in [0.29, 0.717) is 18.9 Å². The van der Waals surface area contributed by atoms with Crippen molar-refractivity contribution in [2.75, 3.05) is 13.7 Å². The van der Waals surface area contributed by atoms with Crippen molar-refractivity contribution in [2.24, 2.45) is 0 Å². The fourth-order valence-electron chi connectivity index (χ4n) is 2.73. The molecule has 0 bridgehead atoms. The summed E-state index contributed by atoms with van der Waals surface area (Å²) in [5, 5.41) is 2.87. The fourth-order valence-corrected chi connectivity index (χ4v) is 4.57. The maximum atomic E-state index is 12.5. The van der Waals surface area contributed by atoms with Crippen molar-refractivity contribution in [1.82, 2.24) is 9.71 Å². The molecule has 0 atom stereocenters. The van der Waals surface area contributed by atoms with Crippen LogP contribution >= 0.6 is 11.3 Å². The summed E-state index contributed by atoms with van der Waals surface area (Å²) in [6.45, 7) is 4.47. The summed E-state index contributed by atoms with van der Waals surface area (Å²) < 4.78 is 32.7. The van der Waals surface area contributed by atoms with Crippen molar-refractivity contribution in [3.05, 3.63) is 64.5 Å². The predicted molar refractivity (Wildman–Crippen MR) is 114 cm³/mol. The molecule has 7 heteroatoms. The zero-order chi connectivity index (χ0) is 20.1. The molecule has 0 unspecified atom stereocenters. The van der Waals surface area contributed by atoms with E-state index in [0.717, 1.165) is 27.6 Å². The van der Waals surface area contributed by atoms with Gasteiger partial charge in [-0.25, -0.2) is 18.1 Å². The molecule has 28 heavy (non-hydrogen) atoms. The number of rotatable bonds is 8.